The molecule has 1 saturated heterocycles. The molecule has 1 aliphatic heterocycles. The predicted molar refractivity (Wildman–Crippen MR) is 82.0 cm³/mol. The molecule has 2 N–H and O–H groups in total. The number of nitrogens with two attached hydrogens (primary N) is 1. The first-order chi connectivity index (χ1) is 9.84. The maximum atomic E-state index is 12.3. The van der Waals surface area contributed by atoms with Gasteiger partial charge in [0.1, 0.15) is 6.04 Å². The number of hydrogen-bond acceptors (Lipinski definition) is 5. The van der Waals surface area contributed by atoms with E-state index in [1.807, 2.05) is 17.5 Å². The van der Waals surface area contributed by atoms with Crippen molar-refractivity contribution in [2.45, 2.75) is 6.04 Å². The quantitative estimate of drug-likeness (QED) is 0.820. The van der Waals surface area contributed by atoms with Gasteiger partial charge in [-0.1, -0.05) is 6.07 Å². The molecule has 0 bridgehead atoms. The minimum absolute atomic E-state index is 0.153. The van der Waals surface area contributed by atoms with Crippen molar-refractivity contribution in [3.05, 3.63) is 22.4 Å². The third-order valence-corrected chi connectivity index (χ3v) is 6.35. The maximum Gasteiger partial charge on any atom is 0.281 e. The summed E-state index contributed by atoms with van der Waals surface area (Å²) in [5, 5.41) is 1.88. The van der Waals surface area contributed by atoms with E-state index < -0.39 is 16.3 Å². The zero-order chi connectivity index (χ0) is 15.6. The summed E-state index contributed by atoms with van der Waals surface area (Å²) in [6.45, 7) is 1.32. The molecule has 0 aliphatic carbocycles. The molecule has 1 aliphatic rings. The molecule has 0 aromatic carbocycles. The van der Waals surface area contributed by atoms with Crippen molar-refractivity contribution in [2.24, 2.45) is 5.73 Å². The van der Waals surface area contributed by atoms with Gasteiger partial charge < -0.3 is 10.6 Å². The fourth-order valence-electron chi connectivity index (χ4n) is 2.16. The van der Waals surface area contributed by atoms with Crippen molar-refractivity contribution in [2.75, 3.05) is 40.3 Å². The number of nitrogens with zero attached hydrogens (tertiary/aromatic N) is 3. The zero-order valence-corrected chi connectivity index (χ0v) is 13.7. The standard InChI is InChI=1S/C12H20N4O3S2/c1-14(2)21(18,19)16-7-5-15(6-8-16)12(17)11(13)10-4-3-9-20-10/h3-4,9,11H,5-8,13H2,1-2H3. The molecule has 1 amide bonds. The molecular weight excluding hydrogens is 312 g/mol. The van der Waals surface area contributed by atoms with Gasteiger partial charge >= 0.3 is 0 Å². The van der Waals surface area contributed by atoms with Gasteiger partial charge in [-0.25, -0.2) is 0 Å². The summed E-state index contributed by atoms with van der Waals surface area (Å²) in [4.78, 5) is 14.8. The number of carbonyl (C=O) groups is 1. The van der Waals surface area contributed by atoms with E-state index in [1.165, 1.54) is 34.0 Å². The van der Waals surface area contributed by atoms with E-state index in [0.29, 0.717) is 26.2 Å². The van der Waals surface area contributed by atoms with Gasteiger partial charge in [-0.2, -0.15) is 17.0 Å². The van der Waals surface area contributed by atoms with Crippen LogP contribution in [0.2, 0.25) is 0 Å². The van der Waals surface area contributed by atoms with Crippen molar-refractivity contribution in [3.8, 4) is 0 Å². The summed E-state index contributed by atoms with van der Waals surface area (Å²) in [5.41, 5.74) is 5.96. The van der Waals surface area contributed by atoms with Crippen molar-refractivity contribution in [1.29, 1.82) is 0 Å². The Kier molecular flexibility index (Phi) is 4.99. The minimum Gasteiger partial charge on any atom is -0.338 e. The van der Waals surface area contributed by atoms with Crippen LogP contribution < -0.4 is 5.73 Å². The van der Waals surface area contributed by atoms with Gasteiger partial charge in [0, 0.05) is 45.2 Å². The van der Waals surface area contributed by atoms with Crippen LogP contribution in [0, 0.1) is 0 Å². The predicted octanol–water partition coefficient (Wildman–Crippen LogP) is -0.301. The highest BCUT2D eigenvalue weighted by molar-refractivity contribution is 7.86. The monoisotopic (exact) mass is 332 g/mol. The first-order valence-corrected chi connectivity index (χ1v) is 8.87. The van der Waals surface area contributed by atoms with Gasteiger partial charge in [-0.05, 0) is 11.4 Å². The summed E-state index contributed by atoms with van der Waals surface area (Å²) in [6.07, 6.45) is 0. The Balaban J connectivity index is 1.97. The van der Waals surface area contributed by atoms with Crippen LogP contribution in [-0.2, 0) is 15.0 Å². The molecule has 2 heterocycles. The lowest BCUT2D eigenvalue weighted by Gasteiger charge is -2.36. The lowest BCUT2D eigenvalue weighted by Crippen LogP contribution is -2.54. The molecule has 21 heavy (non-hydrogen) atoms. The highest BCUT2D eigenvalue weighted by Gasteiger charge is 2.32. The van der Waals surface area contributed by atoms with Crippen molar-refractivity contribution in [1.82, 2.24) is 13.5 Å². The number of thiophene rings is 1. The Morgan fingerprint density at radius 1 is 1.33 bits per heavy atom. The van der Waals surface area contributed by atoms with Gasteiger partial charge in [0.2, 0.25) is 5.91 Å². The number of rotatable bonds is 4. The average molecular weight is 332 g/mol. The van der Waals surface area contributed by atoms with E-state index in [1.54, 1.807) is 4.90 Å². The van der Waals surface area contributed by atoms with Gasteiger partial charge in [0.15, 0.2) is 0 Å². The van der Waals surface area contributed by atoms with Gasteiger partial charge in [0.05, 0.1) is 0 Å². The van der Waals surface area contributed by atoms with Crippen LogP contribution in [0.5, 0.6) is 0 Å². The first kappa shape index (κ1) is 16.4. The molecule has 1 aromatic heterocycles. The van der Waals surface area contributed by atoms with Gasteiger partial charge in [-0.3, -0.25) is 4.79 Å². The highest BCUT2D eigenvalue weighted by atomic mass is 32.2. The lowest BCUT2D eigenvalue weighted by atomic mass is 10.2. The molecule has 0 spiro atoms. The highest BCUT2D eigenvalue weighted by Crippen LogP contribution is 2.20. The molecule has 9 heteroatoms. The molecule has 1 atom stereocenters. The van der Waals surface area contributed by atoms with Crippen LogP contribution in [0.15, 0.2) is 17.5 Å². The molecule has 0 saturated carbocycles. The summed E-state index contributed by atoms with van der Waals surface area (Å²) in [5.74, 6) is -0.153. The second-order valence-corrected chi connectivity index (χ2v) is 8.13. The largest absolute Gasteiger partial charge is 0.338 e. The zero-order valence-electron chi connectivity index (χ0n) is 12.1. The van der Waals surface area contributed by atoms with E-state index in [4.69, 9.17) is 5.73 Å². The smallest absolute Gasteiger partial charge is 0.281 e. The van der Waals surface area contributed by atoms with Crippen LogP contribution in [0.25, 0.3) is 0 Å². The Morgan fingerprint density at radius 3 is 2.43 bits per heavy atom. The number of hydrogen-bond donors (Lipinski definition) is 1. The SMILES string of the molecule is CN(C)S(=O)(=O)N1CCN(C(=O)C(N)c2cccs2)CC1. The molecule has 7 nitrogen and oxygen atoms in total. The molecule has 0 radical (unpaired) electrons. The molecule has 1 unspecified atom stereocenters. The van der Waals surface area contributed by atoms with Gasteiger partial charge in [-0.15, -0.1) is 11.3 Å². The number of carbonyl (C=O) groups excluding carboxylic acids is 1. The van der Waals surface area contributed by atoms with Crippen molar-refractivity contribution in [3.63, 3.8) is 0 Å². The Labute approximate surface area is 129 Å². The normalized spacial score (nSPS) is 19.0. The summed E-state index contributed by atoms with van der Waals surface area (Å²) in [6, 6.07) is 3.02. The molecule has 118 valence electrons. The van der Waals surface area contributed by atoms with Crippen LogP contribution in [0.3, 0.4) is 0 Å². The molecule has 2 rings (SSSR count). The fourth-order valence-corrected chi connectivity index (χ4v) is 3.96. The van der Waals surface area contributed by atoms with Crippen LogP contribution in [-0.4, -0.2) is 68.1 Å². The second kappa shape index (κ2) is 6.41. The van der Waals surface area contributed by atoms with Gasteiger partial charge in [0.25, 0.3) is 10.2 Å². The molecule has 1 fully saturated rings. The van der Waals surface area contributed by atoms with E-state index in [9.17, 15) is 13.2 Å². The van der Waals surface area contributed by atoms with E-state index >= 15 is 0 Å². The Hall–Kier alpha value is -1.00. The van der Waals surface area contributed by atoms with Crippen molar-refractivity contribution < 1.29 is 13.2 Å². The molecule has 1 aromatic rings. The van der Waals surface area contributed by atoms with E-state index in [0.717, 1.165) is 4.88 Å². The van der Waals surface area contributed by atoms with E-state index in [2.05, 4.69) is 0 Å². The van der Waals surface area contributed by atoms with Crippen LogP contribution >= 0.6 is 11.3 Å². The minimum atomic E-state index is -3.41. The third kappa shape index (κ3) is 3.43. The van der Waals surface area contributed by atoms with Crippen LogP contribution in [0.4, 0.5) is 0 Å². The summed E-state index contributed by atoms with van der Waals surface area (Å²) in [7, 11) is -0.414. The fraction of sp³-hybridized carbons (Fsp3) is 0.583. The topological polar surface area (TPSA) is 87.0 Å². The second-order valence-electron chi connectivity index (χ2n) is 5.01. The molecular formula is C12H20N4O3S2. The average Bonchev–Trinajstić information content (AvgIpc) is 3.00. The first-order valence-electron chi connectivity index (χ1n) is 6.59. The van der Waals surface area contributed by atoms with Crippen molar-refractivity contribution >= 4 is 27.5 Å². The number of piperazine rings is 1. The summed E-state index contributed by atoms with van der Waals surface area (Å²) >= 11 is 1.45. The van der Waals surface area contributed by atoms with E-state index in [-0.39, 0.29) is 5.91 Å². The number of amides is 1. The maximum absolute atomic E-state index is 12.3. The summed E-state index contributed by atoms with van der Waals surface area (Å²) < 4.78 is 26.6. The third-order valence-electron chi connectivity index (χ3n) is 3.45. The van der Waals surface area contributed by atoms with Crippen LogP contribution in [0.1, 0.15) is 10.9 Å². The Morgan fingerprint density at radius 2 is 1.95 bits per heavy atom. The lowest BCUT2D eigenvalue weighted by molar-refractivity contribution is -0.133. The Bertz CT molecular complexity index is 578.